The Labute approximate surface area is 99.5 Å². The van der Waals surface area contributed by atoms with Crippen molar-refractivity contribution in [2.45, 2.75) is 6.18 Å². The standard InChI is InChI=1S/C11H7F3N2O2/c12-11(13,14)7-3-1-6(2-4-7)5-8-9(17)16-10(18)15-8/h1-5H,(H2,15,16,17,18)/b8-5-. The Bertz CT molecular complexity index is 532. The number of rotatable bonds is 1. The lowest BCUT2D eigenvalue weighted by Crippen LogP contribution is -2.22. The number of benzene rings is 1. The van der Waals surface area contributed by atoms with Crippen LogP contribution in [0, 0.1) is 0 Å². The van der Waals surface area contributed by atoms with Crippen LogP contribution in [0.25, 0.3) is 6.08 Å². The minimum absolute atomic E-state index is 0.000223. The van der Waals surface area contributed by atoms with Gasteiger partial charge in [-0.2, -0.15) is 13.2 Å². The number of amides is 3. The smallest absolute Gasteiger partial charge is 0.303 e. The number of hydrogen-bond acceptors (Lipinski definition) is 2. The van der Waals surface area contributed by atoms with Crippen LogP contribution in [-0.4, -0.2) is 11.9 Å². The van der Waals surface area contributed by atoms with Crippen LogP contribution in [0.4, 0.5) is 18.0 Å². The fraction of sp³-hybridized carbons (Fsp3) is 0.0909. The number of alkyl halides is 3. The maximum absolute atomic E-state index is 12.3. The summed E-state index contributed by atoms with van der Waals surface area (Å²) in [4.78, 5) is 22.0. The van der Waals surface area contributed by atoms with Crippen LogP contribution < -0.4 is 10.6 Å². The highest BCUT2D eigenvalue weighted by Gasteiger charge is 2.30. The topological polar surface area (TPSA) is 58.2 Å². The Balaban J connectivity index is 2.24. The molecule has 2 N–H and O–H groups in total. The molecule has 0 saturated carbocycles. The van der Waals surface area contributed by atoms with Crippen molar-refractivity contribution in [1.29, 1.82) is 0 Å². The van der Waals surface area contributed by atoms with Gasteiger partial charge in [-0.15, -0.1) is 0 Å². The maximum Gasteiger partial charge on any atom is 0.416 e. The van der Waals surface area contributed by atoms with E-state index in [-0.39, 0.29) is 5.70 Å². The van der Waals surface area contributed by atoms with Crippen LogP contribution in [-0.2, 0) is 11.0 Å². The highest BCUT2D eigenvalue weighted by molar-refractivity contribution is 6.13. The molecule has 1 heterocycles. The van der Waals surface area contributed by atoms with Gasteiger partial charge in [-0.1, -0.05) is 12.1 Å². The van der Waals surface area contributed by atoms with Crippen molar-refractivity contribution in [2.75, 3.05) is 0 Å². The van der Waals surface area contributed by atoms with E-state index in [1.54, 1.807) is 0 Å². The molecule has 18 heavy (non-hydrogen) atoms. The summed E-state index contributed by atoms with van der Waals surface area (Å²) in [6.45, 7) is 0. The normalized spacial score (nSPS) is 17.8. The van der Waals surface area contributed by atoms with E-state index in [0.717, 1.165) is 12.1 Å². The van der Waals surface area contributed by atoms with E-state index in [1.165, 1.54) is 18.2 Å². The van der Waals surface area contributed by atoms with Gasteiger partial charge in [0.15, 0.2) is 0 Å². The molecule has 0 radical (unpaired) electrons. The number of nitrogens with one attached hydrogen (secondary N) is 2. The SMILES string of the molecule is O=C1NC(=O)/C(=C/c2ccc(C(F)(F)F)cc2)N1. The van der Waals surface area contributed by atoms with Gasteiger partial charge in [0.1, 0.15) is 5.70 Å². The van der Waals surface area contributed by atoms with Crippen molar-refractivity contribution >= 4 is 18.0 Å². The summed E-state index contributed by atoms with van der Waals surface area (Å²) in [6.07, 6.45) is -3.11. The quantitative estimate of drug-likeness (QED) is 0.595. The van der Waals surface area contributed by atoms with Crippen LogP contribution in [0.1, 0.15) is 11.1 Å². The fourth-order valence-corrected chi connectivity index (χ4v) is 1.42. The number of imide groups is 1. The molecule has 7 heteroatoms. The molecule has 1 aliphatic heterocycles. The van der Waals surface area contributed by atoms with Crippen molar-refractivity contribution in [2.24, 2.45) is 0 Å². The van der Waals surface area contributed by atoms with Crippen LogP contribution >= 0.6 is 0 Å². The second-order valence-corrected chi connectivity index (χ2v) is 3.59. The van der Waals surface area contributed by atoms with Crippen molar-refractivity contribution in [1.82, 2.24) is 10.6 Å². The van der Waals surface area contributed by atoms with Gasteiger partial charge in [-0.05, 0) is 23.8 Å². The summed E-state index contributed by atoms with van der Waals surface area (Å²) in [6, 6.07) is 3.58. The maximum atomic E-state index is 12.3. The molecule has 0 atom stereocenters. The number of urea groups is 1. The van der Waals surface area contributed by atoms with Gasteiger partial charge in [-0.25, -0.2) is 4.79 Å². The van der Waals surface area contributed by atoms with E-state index < -0.39 is 23.7 Å². The molecule has 3 amide bonds. The molecule has 0 bridgehead atoms. The Morgan fingerprint density at radius 1 is 1.00 bits per heavy atom. The van der Waals surface area contributed by atoms with Crippen LogP contribution in [0.2, 0.25) is 0 Å². The van der Waals surface area contributed by atoms with Crippen molar-refractivity contribution in [3.05, 3.63) is 41.1 Å². The molecule has 1 fully saturated rings. The first kappa shape index (κ1) is 12.2. The molecule has 0 aliphatic carbocycles. The highest BCUT2D eigenvalue weighted by atomic mass is 19.4. The van der Waals surface area contributed by atoms with Gasteiger partial charge in [0.2, 0.25) is 0 Å². The first-order valence-corrected chi connectivity index (χ1v) is 4.87. The molecule has 1 aromatic rings. The zero-order valence-electron chi connectivity index (χ0n) is 8.84. The Morgan fingerprint density at radius 2 is 1.61 bits per heavy atom. The molecule has 1 aliphatic rings. The predicted molar refractivity (Wildman–Crippen MR) is 56.1 cm³/mol. The monoisotopic (exact) mass is 256 g/mol. The predicted octanol–water partition coefficient (Wildman–Crippen LogP) is 1.89. The molecular formula is C11H7F3N2O2. The lowest BCUT2D eigenvalue weighted by molar-refractivity contribution is -0.137. The number of carbonyl (C=O) groups is 2. The number of halogens is 3. The average Bonchev–Trinajstić information content (AvgIpc) is 2.57. The van der Waals surface area contributed by atoms with Gasteiger partial charge in [0.05, 0.1) is 5.56 Å². The van der Waals surface area contributed by atoms with Gasteiger partial charge in [-0.3, -0.25) is 10.1 Å². The summed E-state index contributed by atoms with van der Waals surface area (Å²) in [7, 11) is 0. The Kier molecular flexibility index (Phi) is 2.82. The van der Waals surface area contributed by atoms with Gasteiger partial charge < -0.3 is 5.32 Å². The number of carbonyl (C=O) groups excluding carboxylic acids is 2. The largest absolute Gasteiger partial charge is 0.416 e. The minimum atomic E-state index is -4.40. The van der Waals surface area contributed by atoms with Crippen molar-refractivity contribution < 1.29 is 22.8 Å². The van der Waals surface area contributed by atoms with E-state index in [4.69, 9.17) is 0 Å². The van der Waals surface area contributed by atoms with E-state index in [0.29, 0.717) is 5.56 Å². The molecule has 94 valence electrons. The number of hydrogen-bond donors (Lipinski definition) is 2. The van der Waals surface area contributed by atoms with Gasteiger partial charge in [0, 0.05) is 0 Å². The van der Waals surface area contributed by atoms with Crippen molar-refractivity contribution in [3.8, 4) is 0 Å². The van der Waals surface area contributed by atoms with E-state index in [9.17, 15) is 22.8 Å². The lowest BCUT2D eigenvalue weighted by atomic mass is 10.1. The second kappa shape index (κ2) is 4.17. The molecule has 2 rings (SSSR count). The Morgan fingerprint density at radius 3 is 2.06 bits per heavy atom. The zero-order chi connectivity index (χ0) is 13.3. The van der Waals surface area contributed by atoms with Gasteiger partial charge >= 0.3 is 12.2 Å². The second-order valence-electron chi connectivity index (χ2n) is 3.59. The van der Waals surface area contributed by atoms with Crippen LogP contribution in [0.3, 0.4) is 0 Å². The van der Waals surface area contributed by atoms with Crippen molar-refractivity contribution in [3.63, 3.8) is 0 Å². The van der Waals surface area contributed by atoms with E-state index in [2.05, 4.69) is 5.32 Å². The molecule has 1 aromatic carbocycles. The molecule has 0 aromatic heterocycles. The zero-order valence-corrected chi connectivity index (χ0v) is 8.84. The van der Waals surface area contributed by atoms with E-state index >= 15 is 0 Å². The summed E-state index contributed by atoms with van der Waals surface area (Å²) in [5, 5.41) is 4.22. The third-order valence-corrected chi connectivity index (χ3v) is 2.27. The third-order valence-electron chi connectivity index (χ3n) is 2.27. The summed E-state index contributed by atoms with van der Waals surface area (Å²) >= 11 is 0. The molecule has 4 nitrogen and oxygen atoms in total. The average molecular weight is 256 g/mol. The fourth-order valence-electron chi connectivity index (χ4n) is 1.42. The highest BCUT2D eigenvalue weighted by Crippen LogP contribution is 2.29. The molecule has 0 unspecified atom stereocenters. The molecule has 1 saturated heterocycles. The minimum Gasteiger partial charge on any atom is -0.303 e. The third kappa shape index (κ3) is 2.50. The first-order chi connectivity index (χ1) is 8.36. The van der Waals surface area contributed by atoms with Gasteiger partial charge in [0.25, 0.3) is 5.91 Å². The van der Waals surface area contributed by atoms with Crippen LogP contribution in [0.5, 0.6) is 0 Å². The summed E-state index contributed by atoms with van der Waals surface area (Å²) < 4.78 is 36.9. The summed E-state index contributed by atoms with van der Waals surface area (Å²) in [5.41, 5.74) is -0.389. The first-order valence-electron chi connectivity index (χ1n) is 4.87. The molecular weight excluding hydrogens is 249 g/mol. The van der Waals surface area contributed by atoms with E-state index in [1.807, 2.05) is 5.32 Å². The molecule has 0 spiro atoms. The Hall–Kier alpha value is -2.31. The lowest BCUT2D eigenvalue weighted by Gasteiger charge is -2.06. The van der Waals surface area contributed by atoms with Crippen LogP contribution in [0.15, 0.2) is 30.0 Å². The summed E-state index contributed by atoms with van der Waals surface area (Å²) in [5.74, 6) is -0.611.